The van der Waals surface area contributed by atoms with Crippen molar-refractivity contribution in [2.75, 3.05) is 11.9 Å². The smallest absolute Gasteiger partial charge is 0.311 e. The number of urea groups is 1. The highest BCUT2D eigenvalue weighted by molar-refractivity contribution is 6.42. The van der Waals surface area contributed by atoms with E-state index >= 15 is 0 Å². The summed E-state index contributed by atoms with van der Waals surface area (Å²) in [4.78, 5) is 27.7. The largest absolute Gasteiger partial charge is 0.332 e. The van der Waals surface area contributed by atoms with E-state index in [1.165, 1.54) is 11.0 Å². The van der Waals surface area contributed by atoms with Crippen LogP contribution in [0, 0.1) is 6.07 Å². The molecule has 1 aliphatic rings. The van der Waals surface area contributed by atoms with Crippen molar-refractivity contribution in [3.63, 3.8) is 0 Å². The number of carbonyl (C=O) groups excluding carboxylic acids is 2. The van der Waals surface area contributed by atoms with Crippen LogP contribution in [0.1, 0.15) is 11.6 Å². The van der Waals surface area contributed by atoms with Crippen molar-refractivity contribution in [3.05, 3.63) is 64.1 Å². The third-order valence-electron chi connectivity index (χ3n) is 3.56. The summed E-state index contributed by atoms with van der Waals surface area (Å²) < 4.78 is 0. The second-order valence-electron chi connectivity index (χ2n) is 4.90. The van der Waals surface area contributed by atoms with E-state index < -0.39 is 12.1 Å². The molecule has 1 fully saturated rings. The van der Waals surface area contributed by atoms with Gasteiger partial charge in [-0.05, 0) is 29.8 Å². The maximum atomic E-state index is 12.7. The van der Waals surface area contributed by atoms with E-state index in [0.29, 0.717) is 15.7 Å². The number of imide groups is 1. The first-order valence-corrected chi connectivity index (χ1v) is 7.28. The van der Waals surface area contributed by atoms with Gasteiger partial charge in [0.2, 0.25) is 0 Å². The molecule has 0 spiro atoms. The maximum absolute atomic E-state index is 12.7. The van der Waals surface area contributed by atoms with Crippen LogP contribution in [0.2, 0.25) is 10.0 Å². The molecule has 1 heterocycles. The number of hydrogen-bond acceptors (Lipinski definition) is 2. The van der Waals surface area contributed by atoms with Crippen molar-refractivity contribution in [1.82, 2.24) is 4.90 Å². The number of halogens is 2. The molecule has 6 heteroatoms. The van der Waals surface area contributed by atoms with Crippen LogP contribution in [0.15, 0.2) is 42.5 Å². The predicted molar refractivity (Wildman–Crippen MR) is 85.1 cm³/mol. The minimum Gasteiger partial charge on any atom is -0.311 e. The van der Waals surface area contributed by atoms with Gasteiger partial charge in [-0.1, -0.05) is 47.5 Å². The Labute approximate surface area is 137 Å². The van der Waals surface area contributed by atoms with Crippen LogP contribution in [-0.2, 0) is 4.79 Å². The van der Waals surface area contributed by atoms with Crippen molar-refractivity contribution in [1.29, 1.82) is 0 Å². The number of amides is 3. The van der Waals surface area contributed by atoms with Crippen molar-refractivity contribution in [2.24, 2.45) is 0 Å². The van der Waals surface area contributed by atoms with Gasteiger partial charge in [-0.15, -0.1) is 0 Å². The molecular weight excluding hydrogens is 323 g/mol. The van der Waals surface area contributed by atoms with Crippen LogP contribution < -0.4 is 4.90 Å². The normalized spacial score (nSPS) is 18.2. The Morgan fingerprint density at radius 3 is 2.36 bits per heavy atom. The van der Waals surface area contributed by atoms with Gasteiger partial charge in [-0.3, -0.25) is 4.79 Å². The second kappa shape index (κ2) is 5.63. The van der Waals surface area contributed by atoms with E-state index in [1.807, 2.05) is 0 Å². The van der Waals surface area contributed by atoms with Gasteiger partial charge >= 0.3 is 6.03 Å². The van der Waals surface area contributed by atoms with Gasteiger partial charge < -0.3 is 4.90 Å². The SMILES string of the molecule is CN1C(=O)N(c2ccc(Cl)c(Cl)c2)C(=O)C1c1cc[c]cc1. The number of rotatable bonds is 2. The second-order valence-corrected chi connectivity index (χ2v) is 5.72. The van der Waals surface area contributed by atoms with Crippen molar-refractivity contribution < 1.29 is 9.59 Å². The fourth-order valence-electron chi connectivity index (χ4n) is 2.46. The molecule has 1 radical (unpaired) electrons. The zero-order valence-corrected chi connectivity index (χ0v) is 13.1. The van der Waals surface area contributed by atoms with Gasteiger partial charge in [0.25, 0.3) is 5.91 Å². The van der Waals surface area contributed by atoms with Crippen molar-refractivity contribution in [2.45, 2.75) is 6.04 Å². The number of nitrogens with zero attached hydrogens (tertiary/aromatic N) is 2. The minimum absolute atomic E-state index is 0.292. The van der Waals surface area contributed by atoms with Crippen LogP contribution in [0.3, 0.4) is 0 Å². The molecule has 3 rings (SSSR count). The van der Waals surface area contributed by atoms with Crippen molar-refractivity contribution in [3.8, 4) is 0 Å². The van der Waals surface area contributed by atoms with E-state index in [0.717, 1.165) is 10.5 Å². The number of hydrogen-bond donors (Lipinski definition) is 0. The first-order chi connectivity index (χ1) is 10.5. The third kappa shape index (κ3) is 2.34. The van der Waals surface area contributed by atoms with Crippen LogP contribution in [0.4, 0.5) is 10.5 Å². The number of benzene rings is 2. The predicted octanol–water partition coefficient (Wildman–Crippen LogP) is 3.93. The zero-order chi connectivity index (χ0) is 15.9. The van der Waals surface area contributed by atoms with Gasteiger partial charge in [0.05, 0.1) is 15.7 Å². The number of carbonyl (C=O) groups is 2. The monoisotopic (exact) mass is 333 g/mol. The van der Waals surface area contributed by atoms with E-state index in [4.69, 9.17) is 23.2 Å². The molecule has 0 saturated carbocycles. The molecule has 1 atom stereocenters. The Morgan fingerprint density at radius 1 is 1.05 bits per heavy atom. The average Bonchev–Trinajstić information content (AvgIpc) is 2.73. The van der Waals surface area contributed by atoms with Crippen molar-refractivity contribution >= 4 is 40.8 Å². The maximum Gasteiger partial charge on any atom is 0.332 e. The molecule has 0 aliphatic carbocycles. The molecule has 3 amide bonds. The van der Waals surface area contributed by atoms with Gasteiger partial charge in [-0.25, -0.2) is 9.69 Å². The first-order valence-electron chi connectivity index (χ1n) is 6.52. The summed E-state index contributed by atoms with van der Waals surface area (Å²) in [6, 6.07) is 13.5. The Kier molecular flexibility index (Phi) is 3.81. The van der Waals surface area contributed by atoms with Gasteiger partial charge in [0, 0.05) is 7.05 Å². The molecule has 1 saturated heterocycles. The lowest BCUT2D eigenvalue weighted by atomic mass is 10.1. The van der Waals surface area contributed by atoms with E-state index in [1.54, 1.807) is 43.4 Å². The molecule has 2 aromatic rings. The lowest BCUT2D eigenvalue weighted by Gasteiger charge is -2.15. The molecule has 0 bridgehead atoms. The highest BCUT2D eigenvalue weighted by Crippen LogP contribution is 2.35. The summed E-state index contributed by atoms with van der Waals surface area (Å²) in [5.74, 6) is -0.322. The molecular formula is C16H11Cl2N2O2. The molecule has 2 aromatic carbocycles. The van der Waals surface area contributed by atoms with E-state index in [2.05, 4.69) is 6.07 Å². The lowest BCUT2D eigenvalue weighted by molar-refractivity contribution is -0.119. The standard InChI is InChI=1S/C16H11Cl2N2O2/c1-19-14(10-5-3-2-4-6-10)15(21)20(16(19)22)11-7-8-12(17)13(18)9-11/h3-9,14H,1H3. The summed E-state index contributed by atoms with van der Waals surface area (Å²) in [6.07, 6.45) is 0. The van der Waals surface area contributed by atoms with E-state index in [-0.39, 0.29) is 5.91 Å². The molecule has 1 unspecified atom stereocenters. The molecule has 0 N–H and O–H groups in total. The molecule has 1 aliphatic heterocycles. The van der Waals surface area contributed by atoms with Crippen LogP contribution >= 0.6 is 23.2 Å². The Morgan fingerprint density at radius 2 is 1.73 bits per heavy atom. The summed E-state index contributed by atoms with van der Waals surface area (Å²) in [5.41, 5.74) is 1.14. The fourth-order valence-corrected chi connectivity index (χ4v) is 2.75. The van der Waals surface area contributed by atoms with Gasteiger partial charge in [0.15, 0.2) is 0 Å². The summed E-state index contributed by atoms with van der Waals surface area (Å²) in [5, 5.41) is 0.660. The van der Waals surface area contributed by atoms with Crippen LogP contribution in [-0.4, -0.2) is 23.9 Å². The Balaban J connectivity index is 2.02. The quantitative estimate of drug-likeness (QED) is 0.781. The number of anilines is 1. The molecule has 111 valence electrons. The first kappa shape index (κ1) is 14.9. The molecule has 22 heavy (non-hydrogen) atoms. The highest BCUT2D eigenvalue weighted by atomic mass is 35.5. The Bertz CT molecular complexity index is 749. The van der Waals surface area contributed by atoms with Gasteiger partial charge in [-0.2, -0.15) is 0 Å². The van der Waals surface area contributed by atoms with Gasteiger partial charge in [0.1, 0.15) is 6.04 Å². The molecule has 0 aromatic heterocycles. The van der Waals surface area contributed by atoms with Crippen LogP contribution in [0.25, 0.3) is 0 Å². The Hall–Kier alpha value is -2.04. The lowest BCUT2D eigenvalue weighted by Crippen LogP contribution is -2.31. The number of likely N-dealkylation sites (N-methyl/N-ethyl adjacent to an activating group) is 1. The van der Waals surface area contributed by atoms with E-state index in [9.17, 15) is 9.59 Å². The third-order valence-corrected chi connectivity index (χ3v) is 4.29. The summed E-state index contributed by atoms with van der Waals surface area (Å²) in [7, 11) is 1.60. The fraction of sp³-hybridized carbons (Fsp3) is 0.125. The summed E-state index contributed by atoms with van der Waals surface area (Å²) >= 11 is 11.9. The average molecular weight is 334 g/mol. The highest BCUT2D eigenvalue weighted by Gasteiger charge is 2.44. The summed E-state index contributed by atoms with van der Waals surface area (Å²) in [6.45, 7) is 0. The zero-order valence-electron chi connectivity index (χ0n) is 11.6. The topological polar surface area (TPSA) is 40.6 Å². The molecule has 4 nitrogen and oxygen atoms in total. The van der Waals surface area contributed by atoms with Crippen LogP contribution in [0.5, 0.6) is 0 Å². The minimum atomic E-state index is -0.656.